The Kier molecular flexibility index (Phi) is 13.0. The van der Waals surface area contributed by atoms with E-state index in [0.29, 0.717) is 14.5 Å². The average molecular weight is 737 g/mol. The molecule has 0 radical (unpaired) electrons. The van der Waals surface area contributed by atoms with Crippen LogP contribution in [0.25, 0.3) is 10.0 Å². The molecule has 4 aromatic rings. The molecular formula is C37H49NO2SeSn. The summed E-state index contributed by atoms with van der Waals surface area (Å²) in [5, 5.41) is 0. The summed E-state index contributed by atoms with van der Waals surface area (Å²) in [5.74, 6) is 1.86. The van der Waals surface area contributed by atoms with Gasteiger partial charge in [-0.15, -0.1) is 0 Å². The zero-order valence-corrected chi connectivity index (χ0v) is 30.9. The molecule has 42 heavy (non-hydrogen) atoms. The van der Waals surface area contributed by atoms with Gasteiger partial charge in [-0.2, -0.15) is 0 Å². The summed E-state index contributed by atoms with van der Waals surface area (Å²) in [6.07, 6.45) is 9.70. The first-order valence-electron chi connectivity index (χ1n) is 15.9. The molecule has 0 N–H and O–H groups in total. The van der Waals surface area contributed by atoms with E-state index in [1.165, 1.54) is 48.5 Å². The first kappa shape index (κ1) is 32.8. The second-order valence-electron chi connectivity index (χ2n) is 12.1. The molecule has 1 heterocycles. The van der Waals surface area contributed by atoms with E-state index < -0.39 is 18.4 Å². The fourth-order valence-electron chi connectivity index (χ4n) is 4.94. The molecule has 5 heteroatoms. The Morgan fingerprint density at radius 2 is 1.00 bits per heavy atom. The molecule has 3 aromatic carbocycles. The molecule has 0 fully saturated rings. The average Bonchev–Trinajstić information content (AvgIpc) is 3.51. The molecule has 0 aliphatic rings. The summed E-state index contributed by atoms with van der Waals surface area (Å²) < 4.78 is 15.3. The second-order valence-corrected chi connectivity index (χ2v) is 31.1. The zero-order valence-electron chi connectivity index (χ0n) is 26.3. The number of nitrogens with zero attached hydrogens (tertiary/aromatic N) is 1. The monoisotopic (exact) mass is 739 g/mol. The van der Waals surface area contributed by atoms with Crippen molar-refractivity contribution in [1.29, 1.82) is 0 Å². The van der Waals surface area contributed by atoms with Crippen molar-refractivity contribution in [2.24, 2.45) is 0 Å². The standard InChI is InChI=1S/C34H40NO2Se.3CH3.Sn/c1-3-5-7-9-25-36-32-21-17-30(18-22-32)35(29-15-13-28(14-16-29)34-12-11-27-38-34)31-19-23-33(24-20-31)37-26-10-8-6-4-2;;;;/h11-24H,3-10,25-26H2,1-2H3;3*1H3;. The molecule has 0 atom stereocenters. The second kappa shape index (κ2) is 16.6. The van der Waals surface area contributed by atoms with Crippen LogP contribution in [0.2, 0.25) is 14.8 Å². The molecule has 1 aromatic heterocycles. The first-order chi connectivity index (χ1) is 20.4. The summed E-state index contributed by atoms with van der Waals surface area (Å²) in [6, 6.07) is 31.0. The quantitative estimate of drug-likeness (QED) is 0.0796. The van der Waals surface area contributed by atoms with E-state index in [-0.39, 0.29) is 0 Å². The molecule has 224 valence electrons. The third-order valence-electron chi connectivity index (χ3n) is 7.48. The molecule has 3 nitrogen and oxygen atoms in total. The van der Waals surface area contributed by atoms with Gasteiger partial charge in [0.25, 0.3) is 0 Å². The van der Waals surface area contributed by atoms with E-state index in [2.05, 4.69) is 118 Å². The fourth-order valence-corrected chi connectivity index (χ4v) is 15.0. The van der Waals surface area contributed by atoms with Crippen molar-refractivity contribution in [1.82, 2.24) is 0 Å². The number of benzene rings is 3. The van der Waals surface area contributed by atoms with Gasteiger partial charge < -0.3 is 0 Å². The Morgan fingerprint density at radius 3 is 1.40 bits per heavy atom. The molecule has 0 amide bonds. The minimum atomic E-state index is -2.00. The summed E-state index contributed by atoms with van der Waals surface area (Å²) >= 11 is -1.54. The van der Waals surface area contributed by atoms with E-state index in [9.17, 15) is 0 Å². The third kappa shape index (κ3) is 9.69. The van der Waals surface area contributed by atoms with E-state index in [4.69, 9.17) is 9.47 Å². The maximum atomic E-state index is 6.04. The molecule has 0 bridgehead atoms. The van der Waals surface area contributed by atoms with E-state index in [1.807, 2.05) is 0 Å². The summed E-state index contributed by atoms with van der Waals surface area (Å²) in [6.45, 7) is 6.03. The molecule has 4 rings (SSSR count). The number of unbranched alkanes of at least 4 members (excludes halogenated alkanes) is 6. The normalized spacial score (nSPS) is 11.5. The van der Waals surface area contributed by atoms with E-state index in [0.717, 1.165) is 54.6 Å². The van der Waals surface area contributed by atoms with Crippen molar-refractivity contribution in [2.45, 2.75) is 80.0 Å². The molecule has 0 aliphatic carbocycles. The van der Waals surface area contributed by atoms with Crippen LogP contribution in [0.4, 0.5) is 17.1 Å². The van der Waals surface area contributed by atoms with Crippen LogP contribution in [0, 0.1) is 0 Å². The van der Waals surface area contributed by atoms with E-state index >= 15 is 0 Å². The van der Waals surface area contributed by atoms with Crippen molar-refractivity contribution >= 4 is 52.4 Å². The summed E-state index contributed by atoms with van der Waals surface area (Å²) in [4.78, 5) is 9.88. The van der Waals surface area contributed by atoms with Gasteiger partial charge in [0.15, 0.2) is 0 Å². The minimum absolute atomic E-state index is 0.467. The number of hydrogen-bond acceptors (Lipinski definition) is 3. The molecule has 0 saturated heterocycles. The molecular weight excluding hydrogens is 688 g/mol. The Labute approximate surface area is 264 Å². The molecule has 0 saturated carbocycles. The van der Waals surface area contributed by atoms with Crippen molar-refractivity contribution in [3.63, 3.8) is 0 Å². The Morgan fingerprint density at radius 1 is 0.548 bits per heavy atom. The fraction of sp³-hybridized carbons (Fsp3) is 0.405. The third-order valence-corrected chi connectivity index (χ3v) is 24.3. The van der Waals surface area contributed by atoms with Gasteiger partial charge in [-0.05, 0) is 12.8 Å². The van der Waals surface area contributed by atoms with Crippen molar-refractivity contribution in [2.75, 3.05) is 18.1 Å². The van der Waals surface area contributed by atoms with Crippen LogP contribution in [0.15, 0.2) is 84.9 Å². The number of ether oxygens (including phenoxy) is 2. The predicted molar refractivity (Wildman–Crippen MR) is 186 cm³/mol. The number of hydrogen-bond donors (Lipinski definition) is 0. The SMILES string of the molecule is CCCCCCOc1ccc(N(c2ccc(OCCCCCC)cc2)c2ccc(-c3cc[c]([Sn]([CH3])([CH3])[CH3])[se]3)cc2)cc1. The number of rotatable bonds is 17. The molecule has 0 aliphatic heterocycles. The van der Waals surface area contributed by atoms with Gasteiger partial charge in [-0.1, -0.05) is 52.4 Å². The van der Waals surface area contributed by atoms with Gasteiger partial charge in [0.1, 0.15) is 0 Å². The van der Waals surface area contributed by atoms with Gasteiger partial charge in [0.2, 0.25) is 0 Å². The van der Waals surface area contributed by atoms with Gasteiger partial charge in [-0.3, -0.25) is 0 Å². The van der Waals surface area contributed by atoms with Crippen molar-refractivity contribution in [3.8, 4) is 21.5 Å². The Balaban J connectivity index is 1.54. The van der Waals surface area contributed by atoms with Gasteiger partial charge in [-0.25, -0.2) is 0 Å². The molecule has 0 unspecified atom stereocenters. The van der Waals surface area contributed by atoms with Crippen LogP contribution >= 0.6 is 0 Å². The predicted octanol–water partition coefficient (Wildman–Crippen LogP) is 10.3. The zero-order chi connectivity index (χ0) is 29.8. The van der Waals surface area contributed by atoms with Crippen LogP contribution in [0.5, 0.6) is 11.5 Å². The summed E-state index contributed by atoms with van der Waals surface area (Å²) in [5.41, 5.74) is 4.72. The van der Waals surface area contributed by atoms with Crippen LogP contribution in [-0.2, 0) is 0 Å². The Hall–Kier alpha value is -2.14. The first-order valence-corrected chi connectivity index (χ1v) is 27.6. The molecule has 0 spiro atoms. The Bertz CT molecular complexity index is 1270. The van der Waals surface area contributed by atoms with Crippen LogP contribution in [0.3, 0.4) is 0 Å². The maximum absolute atomic E-state index is 6.04. The number of anilines is 3. The van der Waals surface area contributed by atoms with Crippen molar-refractivity contribution in [3.05, 3.63) is 84.9 Å². The topological polar surface area (TPSA) is 21.7 Å². The van der Waals surface area contributed by atoms with E-state index in [1.54, 1.807) is 2.45 Å². The van der Waals surface area contributed by atoms with Gasteiger partial charge >= 0.3 is 201 Å². The van der Waals surface area contributed by atoms with Gasteiger partial charge in [0.05, 0.1) is 0 Å². The van der Waals surface area contributed by atoms with Gasteiger partial charge in [0, 0.05) is 0 Å². The van der Waals surface area contributed by atoms with Crippen LogP contribution in [-0.4, -0.2) is 46.1 Å². The summed E-state index contributed by atoms with van der Waals surface area (Å²) in [7, 11) is 0. The van der Waals surface area contributed by atoms with Crippen molar-refractivity contribution < 1.29 is 9.47 Å². The van der Waals surface area contributed by atoms with Crippen LogP contribution < -0.4 is 16.8 Å². The van der Waals surface area contributed by atoms with Crippen LogP contribution in [0.1, 0.15) is 65.2 Å².